The lowest BCUT2D eigenvalue weighted by Gasteiger charge is -2.31. The molecule has 0 radical (unpaired) electrons. The van der Waals surface area contributed by atoms with Crippen LogP contribution in [0.1, 0.15) is 50.1 Å². The number of carbonyl (C=O) groups is 2. The Kier molecular flexibility index (Phi) is 6.45. The van der Waals surface area contributed by atoms with Crippen molar-refractivity contribution in [3.05, 3.63) is 52.9 Å². The van der Waals surface area contributed by atoms with Crippen LogP contribution in [0.25, 0.3) is 10.4 Å². The Morgan fingerprint density at radius 2 is 2.00 bits per heavy atom. The van der Waals surface area contributed by atoms with Gasteiger partial charge in [0.25, 0.3) is 5.91 Å². The van der Waals surface area contributed by atoms with Gasteiger partial charge >= 0.3 is 0 Å². The second-order valence-electron chi connectivity index (χ2n) is 10.3. The summed E-state index contributed by atoms with van der Waals surface area (Å²) in [6.07, 6.45) is 1.33. The van der Waals surface area contributed by atoms with Crippen molar-refractivity contribution in [1.82, 2.24) is 30.2 Å². The first-order chi connectivity index (χ1) is 17.6. The van der Waals surface area contributed by atoms with Crippen molar-refractivity contribution in [2.24, 2.45) is 18.0 Å². The highest BCUT2D eigenvalue weighted by molar-refractivity contribution is 7.13. The molecule has 0 saturated carbocycles. The molecule has 0 aliphatic carbocycles. The molecule has 1 saturated heterocycles. The van der Waals surface area contributed by atoms with Crippen LogP contribution < -0.4 is 5.32 Å². The molecule has 10 nitrogen and oxygen atoms in total. The number of aryl methyl sites for hydroxylation is 2. The van der Waals surface area contributed by atoms with Gasteiger partial charge in [-0.15, -0.1) is 16.4 Å². The zero-order chi connectivity index (χ0) is 26.5. The smallest absolute Gasteiger partial charge is 0.277 e. The van der Waals surface area contributed by atoms with Gasteiger partial charge in [-0.3, -0.25) is 14.3 Å². The molecule has 2 aliphatic rings. The average molecular weight is 522 g/mol. The van der Waals surface area contributed by atoms with E-state index in [1.165, 1.54) is 0 Å². The normalized spacial score (nSPS) is 24.5. The molecule has 2 amide bonds. The highest BCUT2D eigenvalue weighted by Gasteiger charge is 2.48. The van der Waals surface area contributed by atoms with E-state index in [0.29, 0.717) is 18.0 Å². The summed E-state index contributed by atoms with van der Waals surface area (Å²) < 4.78 is 1.57. The third kappa shape index (κ3) is 4.46. The lowest BCUT2D eigenvalue weighted by Crippen LogP contribution is -2.51. The third-order valence-corrected chi connectivity index (χ3v) is 8.22. The van der Waals surface area contributed by atoms with Gasteiger partial charge in [-0.05, 0) is 30.9 Å². The summed E-state index contributed by atoms with van der Waals surface area (Å²) >= 11 is 1.58. The molecule has 4 atom stereocenters. The molecular weight excluding hydrogens is 490 g/mol. The average Bonchev–Trinajstić information content (AvgIpc) is 3.62. The molecule has 0 bridgehead atoms. The van der Waals surface area contributed by atoms with E-state index in [4.69, 9.17) is 0 Å². The first-order valence-electron chi connectivity index (χ1n) is 12.4. The van der Waals surface area contributed by atoms with E-state index in [0.717, 1.165) is 21.7 Å². The first-order valence-corrected chi connectivity index (χ1v) is 13.2. The number of amidine groups is 1. The van der Waals surface area contributed by atoms with Crippen LogP contribution in [-0.4, -0.2) is 66.3 Å². The number of nitrogens with zero attached hydrogens (tertiary/aromatic N) is 6. The third-order valence-electron chi connectivity index (χ3n) is 7.25. The number of likely N-dealkylation sites (tertiary alicyclic amines) is 1. The van der Waals surface area contributed by atoms with Crippen molar-refractivity contribution < 1.29 is 14.7 Å². The molecule has 2 N–H and O–H groups in total. The van der Waals surface area contributed by atoms with Crippen molar-refractivity contribution >= 4 is 29.0 Å². The summed E-state index contributed by atoms with van der Waals surface area (Å²) in [7, 11) is 1.76. The van der Waals surface area contributed by atoms with Crippen molar-refractivity contribution in [2.75, 3.05) is 6.54 Å². The topological polar surface area (TPSA) is 126 Å². The number of rotatable bonds is 6. The molecule has 194 valence electrons. The quantitative estimate of drug-likeness (QED) is 0.510. The molecule has 2 aromatic heterocycles. The standard InChI is InChI=1S/C26H31N7O3S/c1-14(2)21(19-12-32(5)31-30-19)24(35)33-11-18(34)10-20(33)23-28-25(36)26(4,29-23)17-8-6-16(7-9-17)22-15(3)27-13-37-22/h6-9,12-14,18,20-21,34H,10-11H2,1-5H3,(H,28,29,36). The van der Waals surface area contributed by atoms with Crippen LogP contribution in [0.2, 0.25) is 0 Å². The summed E-state index contributed by atoms with van der Waals surface area (Å²) in [6, 6.07) is 7.28. The van der Waals surface area contributed by atoms with Crippen molar-refractivity contribution in [3.63, 3.8) is 0 Å². The second kappa shape index (κ2) is 9.46. The fraction of sp³-hybridized carbons (Fsp3) is 0.462. The predicted octanol–water partition coefficient (Wildman–Crippen LogP) is 2.39. The van der Waals surface area contributed by atoms with Gasteiger partial charge in [0.2, 0.25) is 5.91 Å². The number of hydrogen-bond donors (Lipinski definition) is 2. The number of hydrogen-bond acceptors (Lipinski definition) is 8. The van der Waals surface area contributed by atoms with Gasteiger partial charge in [-0.25, -0.2) is 4.98 Å². The van der Waals surface area contributed by atoms with Gasteiger partial charge in [-0.2, -0.15) is 4.99 Å². The Hall–Kier alpha value is -3.44. The summed E-state index contributed by atoms with van der Waals surface area (Å²) in [6.45, 7) is 7.86. The zero-order valence-electron chi connectivity index (χ0n) is 21.5. The summed E-state index contributed by atoms with van der Waals surface area (Å²) in [5, 5.41) is 22.0. The second-order valence-corrected chi connectivity index (χ2v) is 11.2. The minimum Gasteiger partial charge on any atom is -0.391 e. The fourth-order valence-electron chi connectivity index (χ4n) is 5.20. The Labute approximate surface area is 219 Å². The van der Waals surface area contributed by atoms with Crippen LogP contribution in [0.4, 0.5) is 0 Å². The SMILES string of the molecule is Cc1ncsc1-c1ccc(C2(C)NC(C3CC(O)CN3C(=O)C(c3cn(C)nn3)C(C)C)=NC2=O)cc1. The van der Waals surface area contributed by atoms with Gasteiger partial charge in [0.05, 0.1) is 39.8 Å². The van der Waals surface area contributed by atoms with Crippen LogP contribution in [0.3, 0.4) is 0 Å². The van der Waals surface area contributed by atoms with E-state index < -0.39 is 23.6 Å². The largest absolute Gasteiger partial charge is 0.391 e. The molecule has 4 heterocycles. The number of nitrogens with one attached hydrogen (secondary N) is 1. The minimum atomic E-state index is -1.07. The van der Waals surface area contributed by atoms with E-state index in [2.05, 4.69) is 25.6 Å². The lowest BCUT2D eigenvalue weighted by atomic mass is 9.90. The van der Waals surface area contributed by atoms with Gasteiger partial charge in [0.1, 0.15) is 11.4 Å². The number of carbonyl (C=O) groups excluding carboxylic acids is 2. The molecule has 4 unspecified atom stereocenters. The van der Waals surface area contributed by atoms with Crippen molar-refractivity contribution in [2.45, 2.75) is 57.7 Å². The number of aliphatic hydroxyl groups excluding tert-OH is 1. The van der Waals surface area contributed by atoms with E-state index in [9.17, 15) is 14.7 Å². The lowest BCUT2D eigenvalue weighted by molar-refractivity contribution is -0.134. The van der Waals surface area contributed by atoms with Gasteiger partial charge < -0.3 is 15.3 Å². The Morgan fingerprint density at radius 3 is 2.59 bits per heavy atom. The number of thiazole rings is 1. The van der Waals surface area contributed by atoms with E-state index in [-0.39, 0.29) is 24.3 Å². The monoisotopic (exact) mass is 521 g/mol. The molecule has 2 aliphatic heterocycles. The first kappa shape index (κ1) is 25.2. The van der Waals surface area contributed by atoms with Gasteiger partial charge in [0, 0.05) is 26.2 Å². The maximum Gasteiger partial charge on any atom is 0.277 e. The van der Waals surface area contributed by atoms with Crippen molar-refractivity contribution in [3.8, 4) is 10.4 Å². The Balaban J connectivity index is 1.39. The molecular formula is C26H31N7O3S. The number of amides is 2. The van der Waals surface area contributed by atoms with E-state index in [1.807, 2.05) is 50.5 Å². The van der Waals surface area contributed by atoms with Crippen LogP contribution in [0.15, 0.2) is 41.0 Å². The molecule has 37 heavy (non-hydrogen) atoms. The van der Waals surface area contributed by atoms with Crippen LogP contribution in [-0.2, 0) is 22.2 Å². The summed E-state index contributed by atoms with van der Waals surface area (Å²) in [4.78, 5) is 38.4. The highest BCUT2D eigenvalue weighted by Crippen LogP contribution is 2.34. The molecule has 3 aromatic rings. The highest BCUT2D eigenvalue weighted by atomic mass is 32.1. The number of aliphatic hydroxyl groups is 1. The number of aromatic nitrogens is 4. The van der Waals surface area contributed by atoms with E-state index in [1.54, 1.807) is 41.1 Å². The maximum atomic E-state index is 13.8. The molecule has 5 rings (SSSR count). The van der Waals surface area contributed by atoms with Crippen LogP contribution >= 0.6 is 11.3 Å². The molecule has 11 heteroatoms. The number of aliphatic imine (C=N–C) groups is 1. The minimum absolute atomic E-state index is 0.0336. The number of β-amino-alcohol motifs (C(OH)–C–C–N with tert-alkyl or cyclic N) is 1. The zero-order valence-corrected chi connectivity index (χ0v) is 22.4. The van der Waals surface area contributed by atoms with E-state index >= 15 is 0 Å². The van der Waals surface area contributed by atoms with Gasteiger partial charge in [-0.1, -0.05) is 43.3 Å². The van der Waals surface area contributed by atoms with Crippen LogP contribution in [0, 0.1) is 12.8 Å². The molecule has 1 fully saturated rings. The molecule has 0 spiro atoms. The fourth-order valence-corrected chi connectivity index (χ4v) is 6.01. The van der Waals surface area contributed by atoms with Crippen molar-refractivity contribution in [1.29, 1.82) is 0 Å². The summed E-state index contributed by atoms with van der Waals surface area (Å²) in [5.41, 5.74) is 4.12. The predicted molar refractivity (Wildman–Crippen MR) is 140 cm³/mol. The Morgan fingerprint density at radius 1 is 1.27 bits per heavy atom. The number of benzene rings is 1. The van der Waals surface area contributed by atoms with Gasteiger partial charge in [0.15, 0.2) is 0 Å². The maximum absolute atomic E-state index is 13.8. The Bertz CT molecular complexity index is 1360. The van der Waals surface area contributed by atoms with Crippen LogP contribution in [0.5, 0.6) is 0 Å². The summed E-state index contributed by atoms with van der Waals surface area (Å²) in [5.74, 6) is -0.636. The molecule has 1 aromatic carbocycles.